The fourth-order valence-corrected chi connectivity index (χ4v) is 2.22. The third kappa shape index (κ3) is 6.25. The first-order chi connectivity index (χ1) is 11.1. The number of unbranched alkanes of at least 4 members (excludes halogenated alkanes) is 1. The van der Waals surface area contributed by atoms with Crippen LogP contribution < -0.4 is 4.74 Å². The van der Waals surface area contributed by atoms with Crippen LogP contribution in [0.2, 0.25) is 0 Å². The fraction of sp³-hybridized carbons (Fsp3) is 0.300. The molecule has 0 saturated carbocycles. The summed E-state index contributed by atoms with van der Waals surface area (Å²) in [5, 5.41) is 0. The standard InChI is InChI=1S/C20H24FNO/c1-22(2)15-5-6-16-23-20-8-4-3-7-18(20)12-9-17-10-13-19(21)14-11-17/h3-4,7-14H,5-6,15-16H2,1-2H3/b12-9+. The number of benzene rings is 2. The molecule has 0 amide bonds. The van der Waals surface area contributed by atoms with Gasteiger partial charge in [-0.15, -0.1) is 0 Å². The molecular weight excluding hydrogens is 289 g/mol. The molecule has 0 spiro atoms. The Hall–Kier alpha value is -2.13. The largest absolute Gasteiger partial charge is 0.493 e. The molecule has 2 rings (SSSR count). The zero-order chi connectivity index (χ0) is 16.5. The van der Waals surface area contributed by atoms with E-state index in [2.05, 4.69) is 19.0 Å². The van der Waals surface area contributed by atoms with Crippen molar-refractivity contribution in [3.8, 4) is 5.75 Å². The maximum Gasteiger partial charge on any atom is 0.126 e. The third-order valence-corrected chi connectivity index (χ3v) is 3.50. The van der Waals surface area contributed by atoms with Gasteiger partial charge >= 0.3 is 0 Å². The Kier molecular flexibility index (Phi) is 6.82. The van der Waals surface area contributed by atoms with Gasteiger partial charge in [-0.3, -0.25) is 0 Å². The van der Waals surface area contributed by atoms with Gasteiger partial charge in [-0.25, -0.2) is 4.39 Å². The molecule has 0 aromatic heterocycles. The zero-order valence-corrected chi connectivity index (χ0v) is 13.8. The molecule has 122 valence electrons. The Bertz CT molecular complexity index is 620. The van der Waals surface area contributed by atoms with Gasteiger partial charge in [0, 0.05) is 5.56 Å². The Morgan fingerprint density at radius 2 is 1.70 bits per heavy atom. The maximum atomic E-state index is 12.9. The second-order valence-corrected chi connectivity index (χ2v) is 5.78. The summed E-state index contributed by atoms with van der Waals surface area (Å²) < 4.78 is 18.8. The summed E-state index contributed by atoms with van der Waals surface area (Å²) in [5.74, 6) is 0.666. The second kappa shape index (κ2) is 9.11. The minimum Gasteiger partial charge on any atom is -0.493 e. The number of hydrogen-bond acceptors (Lipinski definition) is 2. The van der Waals surface area contributed by atoms with Crippen LogP contribution in [0.5, 0.6) is 5.75 Å². The van der Waals surface area contributed by atoms with Crippen LogP contribution in [0.15, 0.2) is 48.5 Å². The lowest BCUT2D eigenvalue weighted by Gasteiger charge is -2.11. The molecule has 3 heteroatoms. The van der Waals surface area contributed by atoms with Crippen molar-refractivity contribution in [1.29, 1.82) is 0 Å². The van der Waals surface area contributed by atoms with Crippen LogP contribution in [0.25, 0.3) is 12.2 Å². The number of hydrogen-bond donors (Lipinski definition) is 0. The molecule has 0 N–H and O–H groups in total. The van der Waals surface area contributed by atoms with Crippen LogP contribution in [0, 0.1) is 5.82 Å². The van der Waals surface area contributed by atoms with E-state index in [4.69, 9.17) is 4.74 Å². The Labute approximate surface area is 138 Å². The summed E-state index contributed by atoms with van der Waals surface area (Å²) in [6, 6.07) is 14.4. The molecule has 2 aromatic carbocycles. The van der Waals surface area contributed by atoms with E-state index < -0.39 is 0 Å². The Balaban J connectivity index is 1.93. The van der Waals surface area contributed by atoms with Crippen molar-refractivity contribution < 1.29 is 9.13 Å². The Morgan fingerprint density at radius 3 is 2.43 bits per heavy atom. The first kappa shape index (κ1) is 17.2. The van der Waals surface area contributed by atoms with E-state index in [0.29, 0.717) is 0 Å². The van der Waals surface area contributed by atoms with E-state index in [-0.39, 0.29) is 5.82 Å². The lowest BCUT2D eigenvalue weighted by molar-refractivity contribution is 0.292. The topological polar surface area (TPSA) is 12.5 Å². The van der Waals surface area contributed by atoms with Gasteiger partial charge in [-0.1, -0.05) is 42.5 Å². The number of rotatable bonds is 8. The van der Waals surface area contributed by atoms with Crippen LogP contribution in [-0.2, 0) is 0 Å². The van der Waals surface area contributed by atoms with Crippen LogP contribution in [0.3, 0.4) is 0 Å². The van der Waals surface area contributed by atoms with E-state index in [0.717, 1.165) is 42.9 Å². The molecule has 0 aliphatic carbocycles. The van der Waals surface area contributed by atoms with Crippen molar-refractivity contribution in [1.82, 2.24) is 4.90 Å². The van der Waals surface area contributed by atoms with Crippen LogP contribution in [0.1, 0.15) is 24.0 Å². The number of para-hydroxylation sites is 1. The molecule has 23 heavy (non-hydrogen) atoms. The summed E-state index contributed by atoms with van der Waals surface area (Å²) in [7, 11) is 4.16. The minimum absolute atomic E-state index is 0.219. The lowest BCUT2D eigenvalue weighted by Crippen LogP contribution is -2.13. The maximum absolute atomic E-state index is 12.9. The smallest absolute Gasteiger partial charge is 0.126 e. The highest BCUT2D eigenvalue weighted by Crippen LogP contribution is 2.21. The van der Waals surface area contributed by atoms with E-state index in [1.165, 1.54) is 12.1 Å². The number of ether oxygens (including phenoxy) is 1. The second-order valence-electron chi connectivity index (χ2n) is 5.78. The number of nitrogens with zero attached hydrogens (tertiary/aromatic N) is 1. The predicted molar refractivity (Wildman–Crippen MR) is 95.1 cm³/mol. The van der Waals surface area contributed by atoms with Crippen LogP contribution in [0.4, 0.5) is 4.39 Å². The molecule has 0 bridgehead atoms. The summed E-state index contributed by atoms with van der Waals surface area (Å²) in [6.07, 6.45) is 6.13. The van der Waals surface area contributed by atoms with Crippen molar-refractivity contribution in [2.45, 2.75) is 12.8 Å². The van der Waals surface area contributed by atoms with Crippen LogP contribution in [-0.4, -0.2) is 32.1 Å². The van der Waals surface area contributed by atoms with E-state index in [9.17, 15) is 4.39 Å². The summed E-state index contributed by atoms with van der Waals surface area (Å²) in [6.45, 7) is 1.80. The summed E-state index contributed by atoms with van der Waals surface area (Å²) in [5.41, 5.74) is 2.00. The summed E-state index contributed by atoms with van der Waals surface area (Å²) >= 11 is 0. The molecule has 0 radical (unpaired) electrons. The first-order valence-corrected chi connectivity index (χ1v) is 7.95. The van der Waals surface area contributed by atoms with Gasteiger partial charge in [0.2, 0.25) is 0 Å². The van der Waals surface area contributed by atoms with Crippen molar-refractivity contribution in [3.63, 3.8) is 0 Å². The van der Waals surface area contributed by atoms with Crippen molar-refractivity contribution in [2.24, 2.45) is 0 Å². The van der Waals surface area contributed by atoms with Gasteiger partial charge in [0.25, 0.3) is 0 Å². The van der Waals surface area contributed by atoms with Gasteiger partial charge in [0.05, 0.1) is 6.61 Å². The highest BCUT2D eigenvalue weighted by molar-refractivity contribution is 5.72. The molecular formula is C20H24FNO. The predicted octanol–water partition coefficient (Wildman–Crippen LogP) is 4.72. The van der Waals surface area contributed by atoms with Gasteiger partial charge in [-0.05, 0) is 57.2 Å². The van der Waals surface area contributed by atoms with E-state index in [1.807, 2.05) is 36.4 Å². The fourth-order valence-electron chi connectivity index (χ4n) is 2.22. The highest BCUT2D eigenvalue weighted by atomic mass is 19.1. The van der Waals surface area contributed by atoms with Gasteiger partial charge in [0.15, 0.2) is 0 Å². The van der Waals surface area contributed by atoms with Gasteiger partial charge in [0.1, 0.15) is 11.6 Å². The van der Waals surface area contributed by atoms with Crippen molar-refractivity contribution in [3.05, 3.63) is 65.5 Å². The van der Waals surface area contributed by atoms with E-state index in [1.54, 1.807) is 12.1 Å². The van der Waals surface area contributed by atoms with Crippen molar-refractivity contribution >= 4 is 12.2 Å². The molecule has 0 unspecified atom stereocenters. The molecule has 0 saturated heterocycles. The molecule has 0 fully saturated rings. The molecule has 0 atom stereocenters. The zero-order valence-electron chi connectivity index (χ0n) is 13.8. The van der Waals surface area contributed by atoms with Crippen molar-refractivity contribution in [2.75, 3.05) is 27.2 Å². The average molecular weight is 313 g/mol. The highest BCUT2D eigenvalue weighted by Gasteiger charge is 2.00. The molecule has 0 heterocycles. The molecule has 2 aromatic rings. The molecule has 0 aliphatic rings. The number of halogens is 1. The van der Waals surface area contributed by atoms with Gasteiger partial charge in [-0.2, -0.15) is 0 Å². The Morgan fingerprint density at radius 1 is 0.957 bits per heavy atom. The van der Waals surface area contributed by atoms with Gasteiger partial charge < -0.3 is 9.64 Å². The SMILES string of the molecule is CN(C)CCCCOc1ccccc1/C=C/c1ccc(F)cc1. The minimum atomic E-state index is -0.219. The third-order valence-electron chi connectivity index (χ3n) is 3.50. The monoisotopic (exact) mass is 313 g/mol. The first-order valence-electron chi connectivity index (χ1n) is 7.95. The normalized spacial score (nSPS) is 11.3. The lowest BCUT2D eigenvalue weighted by atomic mass is 10.1. The van der Waals surface area contributed by atoms with E-state index >= 15 is 0 Å². The quantitative estimate of drug-likeness (QED) is 0.516. The van der Waals surface area contributed by atoms with Crippen LogP contribution >= 0.6 is 0 Å². The molecule has 2 nitrogen and oxygen atoms in total. The average Bonchev–Trinajstić information content (AvgIpc) is 2.55. The molecule has 0 aliphatic heterocycles. The summed E-state index contributed by atoms with van der Waals surface area (Å²) in [4.78, 5) is 2.18.